The lowest BCUT2D eigenvalue weighted by Crippen LogP contribution is -2.09. The number of rotatable bonds is 3. The summed E-state index contributed by atoms with van der Waals surface area (Å²) < 4.78 is 31.0. The zero-order chi connectivity index (χ0) is 14.7. The average molecular weight is 298 g/mol. The molecule has 0 aliphatic carbocycles. The van der Waals surface area contributed by atoms with Crippen LogP contribution in [0, 0.1) is 11.6 Å². The van der Waals surface area contributed by atoms with Gasteiger partial charge in [0, 0.05) is 22.3 Å². The summed E-state index contributed by atoms with van der Waals surface area (Å²) in [7, 11) is 0. The number of hydrogen-bond donors (Lipinski definition) is 1. The summed E-state index contributed by atoms with van der Waals surface area (Å²) in [5.74, 6) is -2.21. The van der Waals surface area contributed by atoms with E-state index >= 15 is 0 Å². The van der Waals surface area contributed by atoms with Gasteiger partial charge in [-0.25, -0.2) is 13.6 Å². The van der Waals surface area contributed by atoms with Gasteiger partial charge in [-0.15, -0.1) is 0 Å². The highest BCUT2D eigenvalue weighted by molar-refractivity contribution is 6.31. The highest BCUT2D eigenvalue weighted by Crippen LogP contribution is 2.19. The molecule has 0 aromatic heterocycles. The molecule has 0 aliphatic heterocycles. The van der Waals surface area contributed by atoms with Gasteiger partial charge in [0.2, 0.25) is 0 Å². The normalized spacial score (nSPS) is 10.3. The highest BCUT2D eigenvalue weighted by atomic mass is 35.5. The van der Waals surface area contributed by atoms with Gasteiger partial charge in [-0.3, -0.25) is 0 Å². The van der Waals surface area contributed by atoms with E-state index in [4.69, 9.17) is 22.1 Å². The molecular weight excluding hydrogens is 288 g/mol. The minimum atomic E-state index is -0.781. The van der Waals surface area contributed by atoms with Gasteiger partial charge in [-0.2, -0.15) is 0 Å². The predicted octanol–water partition coefficient (Wildman–Crippen LogP) is 3.56. The van der Waals surface area contributed by atoms with Crippen molar-refractivity contribution in [3.8, 4) is 0 Å². The van der Waals surface area contributed by atoms with E-state index in [9.17, 15) is 13.6 Å². The van der Waals surface area contributed by atoms with Crippen LogP contribution in [-0.2, 0) is 11.3 Å². The van der Waals surface area contributed by atoms with Crippen LogP contribution in [0.5, 0.6) is 0 Å². The van der Waals surface area contributed by atoms with E-state index in [0.717, 1.165) is 12.1 Å². The van der Waals surface area contributed by atoms with E-state index in [0.29, 0.717) is 5.02 Å². The molecule has 0 saturated heterocycles. The lowest BCUT2D eigenvalue weighted by molar-refractivity contribution is 0.0470. The van der Waals surface area contributed by atoms with Crippen LogP contribution >= 0.6 is 11.6 Å². The molecule has 0 atom stereocenters. The molecule has 104 valence electrons. The Morgan fingerprint density at radius 1 is 1.20 bits per heavy atom. The second-order valence-corrected chi connectivity index (χ2v) is 4.48. The van der Waals surface area contributed by atoms with E-state index in [-0.39, 0.29) is 23.4 Å². The second kappa shape index (κ2) is 5.88. The Labute approximate surface area is 118 Å². The van der Waals surface area contributed by atoms with Crippen LogP contribution in [0.2, 0.25) is 5.02 Å². The van der Waals surface area contributed by atoms with Gasteiger partial charge in [-0.1, -0.05) is 11.6 Å². The third kappa shape index (κ3) is 3.24. The first-order valence-electron chi connectivity index (χ1n) is 5.63. The van der Waals surface area contributed by atoms with E-state index in [1.165, 1.54) is 24.3 Å². The molecule has 0 bridgehead atoms. The van der Waals surface area contributed by atoms with E-state index < -0.39 is 17.6 Å². The monoisotopic (exact) mass is 297 g/mol. The van der Waals surface area contributed by atoms with Crippen molar-refractivity contribution in [3.05, 3.63) is 64.2 Å². The molecule has 6 heteroatoms. The van der Waals surface area contributed by atoms with Crippen molar-refractivity contribution in [2.75, 3.05) is 5.73 Å². The van der Waals surface area contributed by atoms with Gasteiger partial charge < -0.3 is 10.5 Å². The maximum atomic E-state index is 13.4. The number of anilines is 1. The summed E-state index contributed by atoms with van der Waals surface area (Å²) in [6.45, 7) is -0.323. The number of esters is 1. The van der Waals surface area contributed by atoms with Gasteiger partial charge in [0.25, 0.3) is 0 Å². The first-order valence-corrected chi connectivity index (χ1v) is 6.01. The lowest BCUT2D eigenvalue weighted by atomic mass is 10.2. The maximum absolute atomic E-state index is 13.4. The van der Waals surface area contributed by atoms with E-state index in [1.54, 1.807) is 0 Å². The second-order valence-electron chi connectivity index (χ2n) is 4.04. The fraction of sp³-hybridized carbons (Fsp3) is 0.0714. The molecule has 2 rings (SSSR count). The van der Waals surface area contributed by atoms with Crippen LogP contribution < -0.4 is 5.73 Å². The Hall–Kier alpha value is -2.14. The standard InChI is InChI=1S/C14H10ClF2NO2/c15-9-2-4-13(18)11(5-9)14(19)20-7-8-1-3-10(16)6-12(8)17/h1-6H,7,18H2. The topological polar surface area (TPSA) is 52.3 Å². The Morgan fingerprint density at radius 3 is 2.65 bits per heavy atom. The number of nitrogen functional groups attached to an aromatic ring is 1. The minimum Gasteiger partial charge on any atom is -0.457 e. The molecule has 2 aromatic rings. The first kappa shape index (κ1) is 14.3. The van der Waals surface area contributed by atoms with Crippen molar-refractivity contribution in [2.24, 2.45) is 0 Å². The molecule has 20 heavy (non-hydrogen) atoms. The van der Waals surface area contributed by atoms with Crippen molar-refractivity contribution in [1.29, 1.82) is 0 Å². The van der Waals surface area contributed by atoms with Crippen LogP contribution in [0.1, 0.15) is 15.9 Å². The predicted molar refractivity (Wildman–Crippen MR) is 71.3 cm³/mol. The zero-order valence-electron chi connectivity index (χ0n) is 10.2. The summed E-state index contributed by atoms with van der Waals surface area (Å²) in [5, 5.41) is 0.333. The highest BCUT2D eigenvalue weighted by Gasteiger charge is 2.13. The molecule has 0 radical (unpaired) electrons. The third-order valence-corrected chi connectivity index (χ3v) is 2.84. The van der Waals surface area contributed by atoms with Crippen molar-refractivity contribution in [3.63, 3.8) is 0 Å². The van der Waals surface area contributed by atoms with Crippen LogP contribution in [-0.4, -0.2) is 5.97 Å². The van der Waals surface area contributed by atoms with Gasteiger partial charge in [-0.05, 0) is 30.3 Å². The Kier molecular flexibility index (Phi) is 4.20. The smallest absolute Gasteiger partial charge is 0.340 e. The van der Waals surface area contributed by atoms with Crippen LogP contribution in [0.25, 0.3) is 0 Å². The molecule has 0 unspecified atom stereocenters. The molecule has 0 spiro atoms. The van der Waals surface area contributed by atoms with Crippen molar-refractivity contribution in [2.45, 2.75) is 6.61 Å². The average Bonchev–Trinajstić information content (AvgIpc) is 2.40. The number of hydrogen-bond acceptors (Lipinski definition) is 3. The lowest BCUT2D eigenvalue weighted by Gasteiger charge is -2.08. The summed E-state index contributed by atoms with van der Waals surface area (Å²) >= 11 is 5.76. The van der Waals surface area contributed by atoms with E-state index in [2.05, 4.69) is 0 Å². The fourth-order valence-electron chi connectivity index (χ4n) is 1.57. The SMILES string of the molecule is Nc1ccc(Cl)cc1C(=O)OCc1ccc(F)cc1F. The number of carbonyl (C=O) groups excluding carboxylic acids is 1. The van der Waals surface area contributed by atoms with E-state index in [1.807, 2.05) is 0 Å². The third-order valence-electron chi connectivity index (χ3n) is 2.61. The van der Waals surface area contributed by atoms with Crippen LogP contribution in [0.15, 0.2) is 36.4 Å². The molecule has 2 N–H and O–H groups in total. The van der Waals surface area contributed by atoms with Crippen molar-refractivity contribution in [1.82, 2.24) is 0 Å². The molecule has 0 aliphatic rings. The molecule has 3 nitrogen and oxygen atoms in total. The Balaban J connectivity index is 2.10. The van der Waals surface area contributed by atoms with Gasteiger partial charge in [0.15, 0.2) is 0 Å². The van der Waals surface area contributed by atoms with Gasteiger partial charge in [0.05, 0.1) is 5.56 Å². The van der Waals surface area contributed by atoms with Crippen molar-refractivity contribution >= 4 is 23.3 Å². The van der Waals surface area contributed by atoms with Gasteiger partial charge >= 0.3 is 5.97 Å². The number of benzene rings is 2. The maximum Gasteiger partial charge on any atom is 0.340 e. The van der Waals surface area contributed by atoms with Crippen LogP contribution in [0.3, 0.4) is 0 Å². The Bertz CT molecular complexity index is 662. The summed E-state index contributed by atoms with van der Waals surface area (Å²) in [5.41, 5.74) is 6.00. The summed E-state index contributed by atoms with van der Waals surface area (Å²) in [4.78, 5) is 11.8. The minimum absolute atomic E-state index is 0.0698. The molecule has 0 fully saturated rings. The molecule has 0 amide bonds. The molecule has 0 heterocycles. The number of carbonyl (C=O) groups is 1. The first-order chi connectivity index (χ1) is 9.47. The quantitative estimate of drug-likeness (QED) is 0.696. The largest absolute Gasteiger partial charge is 0.457 e. The Morgan fingerprint density at radius 2 is 1.95 bits per heavy atom. The number of nitrogens with two attached hydrogens (primary N) is 1. The molecule has 0 saturated carbocycles. The number of ether oxygens (including phenoxy) is 1. The molecular formula is C14H10ClF2NO2. The van der Waals surface area contributed by atoms with Crippen LogP contribution in [0.4, 0.5) is 14.5 Å². The van der Waals surface area contributed by atoms with Gasteiger partial charge in [0.1, 0.15) is 18.2 Å². The number of halogens is 3. The zero-order valence-corrected chi connectivity index (χ0v) is 11.0. The summed E-state index contributed by atoms with van der Waals surface area (Å²) in [6.07, 6.45) is 0. The van der Waals surface area contributed by atoms with Crippen molar-refractivity contribution < 1.29 is 18.3 Å². The summed E-state index contributed by atoms with van der Waals surface area (Å²) in [6, 6.07) is 7.38. The fourth-order valence-corrected chi connectivity index (χ4v) is 1.74. The molecule has 2 aromatic carbocycles.